The van der Waals surface area contributed by atoms with Gasteiger partial charge in [0.15, 0.2) is 0 Å². The van der Waals surface area contributed by atoms with Crippen LogP contribution in [0.3, 0.4) is 0 Å². The number of amides is 2. The van der Waals surface area contributed by atoms with Crippen molar-refractivity contribution in [3.63, 3.8) is 0 Å². The van der Waals surface area contributed by atoms with Crippen molar-refractivity contribution in [1.82, 2.24) is 10.2 Å². The summed E-state index contributed by atoms with van der Waals surface area (Å²) in [6, 6.07) is -0.387. The summed E-state index contributed by atoms with van der Waals surface area (Å²) in [6.45, 7) is 13.1. The molecule has 0 saturated carbocycles. The third kappa shape index (κ3) is 4.99. The van der Waals surface area contributed by atoms with E-state index in [-0.39, 0.29) is 28.7 Å². The fourth-order valence-corrected chi connectivity index (χ4v) is 2.39. The van der Waals surface area contributed by atoms with Crippen LogP contribution in [0.25, 0.3) is 0 Å². The van der Waals surface area contributed by atoms with E-state index < -0.39 is 6.04 Å². The van der Waals surface area contributed by atoms with Gasteiger partial charge in [-0.05, 0) is 18.3 Å². The van der Waals surface area contributed by atoms with E-state index in [1.54, 1.807) is 0 Å². The number of likely N-dealkylation sites (tertiary alicyclic amines) is 1. The van der Waals surface area contributed by atoms with E-state index in [4.69, 9.17) is 5.73 Å². The molecule has 1 aliphatic rings. The van der Waals surface area contributed by atoms with Crippen LogP contribution in [0.1, 0.15) is 54.4 Å². The molecule has 0 bridgehead atoms. The lowest BCUT2D eigenvalue weighted by Crippen LogP contribution is -2.54. The number of hydrogen-bond acceptors (Lipinski definition) is 3. The van der Waals surface area contributed by atoms with Gasteiger partial charge >= 0.3 is 0 Å². The third-order valence-electron chi connectivity index (χ3n) is 3.99. The van der Waals surface area contributed by atoms with Crippen molar-refractivity contribution in [2.75, 3.05) is 13.1 Å². The number of nitrogens with one attached hydrogen (secondary N) is 1. The normalized spacial score (nSPS) is 19.3. The van der Waals surface area contributed by atoms with E-state index in [0.29, 0.717) is 13.1 Å². The van der Waals surface area contributed by atoms with Crippen LogP contribution in [0.4, 0.5) is 0 Å². The first-order chi connectivity index (χ1) is 9.43. The molecule has 0 aliphatic carbocycles. The molecule has 1 aliphatic heterocycles. The Labute approximate surface area is 128 Å². The van der Waals surface area contributed by atoms with Crippen LogP contribution in [-0.2, 0) is 9.59 Å². The molecule has 0 radical (unpaired) electrons. The van der Waals surface area contributed by atoms with Gasteiger partial charge in [-0.25, -0.2) is 0 Å². The first kappa shape index (κ1) is 18.0. The first-order valence-electron chi connectivity index (χ1n) is 7.78. The molecule has 21 heavy (non-hydrogen) atoms. The SMILES string of the molecule is CC(C)(C)C(=O)N1CCC(NC(=O)C(N)C(C)(C)C)CC1. The molecule has 1 unspecified atom stereocenters. The average Bonchev–Trinajstić information content (AvgIpc) is 2.35. The highest BCUT2D eigenvalue weighted by Crippen LogP contribution is 2.22. The van der Waals surface area contributed by atoms with Crippen molar-refractivity contribution < 1.29 is 9.59 Å². The molecule has 122 valence electrons. The maximum atomic E-state index is 12.2. The van der Waals surface area contributed by atoms with Crippen molar-refractivity contribution >= 4 is 11.8 Å². The molecule has 1 rings (SSSR count). The number of hydrogen-bond donors (Lipinski definition) is 2. The number of nitrogens with zero attached hydrogens (tertiary/aromatic N) is 1. The Kier molecular flexibility index (Phi) is 5.42. The molecule has 3 N–H and O–H groups in total. The van der Waals surface area contributed by atoms with Crippen LogP contribution in [0.5, 0.6) is 0 Å². The molecule has 1 saturated heterocycles. The topological polar surface area (TPSA) is 75.4 Å². The highest BCUT2D eigenvalue weighted by atomic mass is 16.2. The van der Waals surface area contributed by atoms with Crippen LogP contribution in [0.2, 0.25) is 0 Å². The minimum atomic E-state index is -0.508. The number of carbonyl (C=O) groups excluding carboxylic acids is 2. The Morgan fingerprint density at radius 2 is 1.57 bits per heavy atom. The number of rotatable bonds is 2. The largest absolute Gasteiger partial charge is 0.352 e. The lowest BCUT2D eigenvalue weighted by molar-refractivity contribution is -0.140. The summed E-state index contributed by atoms with van der Waals surface area (Å²) in [5.41, 5.74) is 5.38. The minimum Gasteiger partial charge on any atom is -0.352 e. The van der Waals surface area contributed by atoms with Gasteiger partial charge in [-0.2, -0.15) is 0 Å². The van der Waals surface area contributed by atoms with Crippen molar-refractivity contribution in [3.8, 4) is 0 Å². The standard InChI is InChI=1S/C16H31N3O2/c1-15(2,3)12(17)13(20)18-11-7-9-19(10-8-11)14(21)16(4,5)6/h11-12H,7-10,17H2,1-6H3,(H,18,20). The fourth-order valence-electron chi connectivity index (χ4n) is 2.39. The first-order valence-corrected chi connectivity index (χ1v) is 7.78. The summed E-state index contributed by atoms with van der Waals surface area (Å²) < 4.78 is 0. The molecule has 0 aromatic rings. The summed E-state index contributed by atoms with van der Waals surface area (Å²) in [5, 5.41) is 3.02. The van der Waals surface area contributed by atoms with Crippen molar-refractivity contribution in [1.29, 1.82) is 0 Å². The Morgan fingerprint density at radius 1 is 1.10 bits per heavy atom. The van der Waals surface area contributed by atoms with Crippen molar-refractivity contribution in [2.45, 2.75) is 66.5 Å². The summed E-state index contributed by atoms with van der Waals surface area (Å²) in [4.78, 5) is 26.2. The van der Waals surface area contributed by atoms with E-state index >= 15 is 0 Å². The van der Waals surface area contributed by atoms with Gasteiger partial charge in [0.05, 0.1) is 6.04 Å². The van der Waals surface area contributed by atoms with Crippen LogP contribution < -0.4 is 11.1 Å². The Bertz CT molecular complexity index is 385. The quantitative estimate of drug-likeness (QED) is 0.811. The fraction of sp³-hybridized carbons (Fsp3) is 0.875. The van der Waals surface area contributed by atoms with Gasteiger partial charge in [-0.3, -0.25) is 9.59 Å². The van der Waals surface area contributed by atoms with Crippen LogP contribution >= 0.6 is 0 Å². The molecule has 5 heteroatoms. The summed E-state index contributed by atoms with van der Waals surface area (Å²) in [7, 11) is 0. The summed E-state index contributed by atoms with van der Waals surface area (Å²) in [6.07, 6.45) is 1.59. The van der Waals surface area contributed by atoms with Crippen molar-refractivity contribution in [3.05, 3.63) is 0 Å². The second kappa shape index (κ2) is 6.34. The summed E-state index contributed by atoms with van der Waals surface area (Å²) in [5.74, 6) is 0.0850. The highest BCUT2D eigenvalue weighted by molar-refractivity contribution is 5.83. The number of carbonyl (C=O) groups is 2. The molecule has 0 spiro atoms. The maximum Gasteiger partial charge on any atom is 0.237 e. The lowest BCUT2D eigenvalue weighted by Gasteiger charge is -2.37. The van der Waals surface area contributed by atoms with Gasteiger partial charge in [0.2, 0.25) is 11.8 Å². The molecule has 1 heterocycles. The zero-order valence-corrected chi connectivity index (χ0v) is 14.3. The molecule has 0 aromatic carbocycles. The van der Waals surface area contributed by atoms with E-state index in [2.05, 4.69) is 5.32 Å². The molecular formula is C16H31N3O2. The van der Waals surface area contributed by atoms with Gasteiger partial charge in [0, 0.05) is 24.5 Å². The van der Waals surface area contributed by atoms with Crippen LogP contribution in [0.15, 0.2) is 0 Å². The van der Waals surface area contributed by atoms with E-state index in [9.17, 15) is 9.59 Å². The molecule has 2 amide bonds. The molecule has 5 nitrogen and oxygen atoms in total. The predicted molar refractivity (Wildman–Crippen MR) is 84.6 cm³/mol. The van der Waals surface area contributed by atoms with Gasteiger partial charge < -0.3 is 16.0 Å². The number of piperidine rings is 1. The highest BCUT2D eigenvalue weighted by Gasteiger charge is 2.32. The molecular weight excluding hydrogens is 266 g/mol. The van der Waals surface area contributed by atoms with Crippen molar-refractivity contribution in [2.24, 2.45) is 16.6 Å². The minimum absolute atomic E-state index is 0.0944. The van der Waals surface area contributed by atoms with Gasteiger partial charge in [-0.1, -0.05) is 41.5 Å². The van der Waals surface area contributed by atoms with E-state index in [1.807, 2.05) is 46.4 Å². The molecule has 1 fully saturated rings. The second-order valence-electron chi connectivity index (χ2n) is 8.17. The molecule has 1 atom stereocenters. The van der Waals surface area contributed by atoms with Gasteiger partial charge in [0.1, 0.15) is 0 Å². The van der Waals surface area contributed by atoms with Gasteiger partial charge in [0.25, 0.3) is 0 Å². The smallest absolute Gasteiger partial charge is 0.237 e. The van der Waals surface area contributed by atoms with E-state index in [1.165, 1.54) is 0 Å². The maximum absolute atomic E-state index is 12.2. The average molecular weight is 297 g/mol. The lowest BCUT2D eigenvalue weighted by atomic mass is 9.86. The Hall–Kier alpha value is -1.10. The predicted octanol–water partition coefficient (Wildman–Crippen LogP) is 1.51. The molecule has 0 aromatic heterocycles. The zero-order chi connectivity index (χ0) is 16.4. The third-order valence-corrected chi connectivity index (χ3v) is 3.99. The number of nitrogens with two attached hydrogens (primary N) is 1. The zero-order valence-electron chi connectivity index (χ0n) is 14.3. The summed E-state index contributed by atoms with van der Waals surface area (Å²) >= 11 is 0. The second-order valence-corrected chi connectivity index (χ2v) is 8.17. The monoisotopic (exact) mass is 297 g/mol. The Morgan fingerprint density at radius 3 is 1.95 bits per heavy atom. The van der Waals surface area contributed by atoms with E-state index in [0.717, 1.165) is 12.8 Å². The van der Waals surface area contributed by atoms with Crippen LogP contribution in [0, 0.1) is 10.8 Å². The Balaban J connectivity index is 2.48. The van der Waals surface area contributed by atoms with Gasteiger partial charge in [-0.15, -0.1) is 0 Å². The van der Waals surface area contributed by atoms with Crippen LogP contribution in [-0.4, -0.2) is 41.9 Å².